The van der Waals surface area contributed by atoms with Gasteiger partial charge >= 0.3 is 0 Å². The molecule has 0 aromatic carbocycles. The second kappa shape index (κ2) is 4.64. The second-order valence-corrected chi connectivity index (χ2v) is 5.41. The lowest BCUT2D eigenvalue weighted by atomic mass is 9.97. The van der Waals surface area contributed by atoms with Gasteiger partial charge in [-0.15, -0.1) is 0 Å². The fraction of sp³-hybridized carbons (Fsp3) is 0.769. The molecule has 0 unspecified atom stereocenters. The molecular weight excluding hydrogens is 230 g/mol. The highest BCUT2D eigenvalue weighted by Crippen LogP contribution is 2.37. The summed E-state index contributed by atoms with van der Waals surface area (Å²) in [5.41, 5.74) is 1.17. The quantitative estimate of drug-likeness (QED) is 0.796. The number of hydrogen-bond acceptors (Lipinski definition) is 4. The lowest BCUT2D eigenvalue weighted by Gasteiger charge is -2.28. The highest BCUT2D eigenvalue weighted by atomic mass is 16.6. The van der Waals surface area contributed by atoms with Crippen molar-refractivity contribution in [1.29, 1.82) is 0 Å². The molecule has 18 heavy (non-hydrogen) atoms. The van der Waals surface area contributed by atoms with Crippen LogP contribution in [0.1, 0.15) is 18.5 Å². The first-order chi connectivity index (χ1) is 8.73. The smallest absolute Gasteiger partial charge is 0.108 e. The van der Waals surface area contributed by atoms with Crippen LogP contribution in [0.4, 0.5) is 0 Å². The van der Waals surface area contributed by atoms with Crippen LogP contribution in [0.3, 0.4) is 0 Å². The molecule has 3 rings (SSSR count). The summed E-state index contributed by atoms with van der Waals surface area (Å²) in [5.74, 6) is 0. The van der Waals surface area contributed by atoms with E-state index in [1.807, 2.05) is 19.6 Å². The number of aryl methyl sites for hydroxylation is 1. The summed E-state index contributed by atoms with van der Waals surface area (Å²) < 4.78 is 13.7. The normalized spacial score (nSPS) is 32.7. The lowest BCUT2D eigenvalue weighted by Crippen LogP contribution is -2.42. The highest BCUT2D eigenvalue weighted by Gasteiger charge is 2.49. The summed E-state index contributed by atoms with van der Waals surface area (Å²) in [6.45, 7) is 3.71. The summed E-state index contributed by atoms with van der Waals surface area (Å²) in [4.78, 5) is 6.58. The van der Waals surface area contributed by atoms with E-state index >= 15 is 0 Å². The Balaban J connectivity index is 1.71. The average Bonchev–Trinajstić information content (AvgIpc) is 3.05. The standard InChI is InChI=1S/C13H21N3O2/c1-15-10-14-6-11(15)7-16-8-12(17-2)13(9-16)4-3-5-18-13/h6,10,12H,3-5,7-9H2,1-2H3/t12-,13-/m0/s1. The van der Waals surface area contributed by atoms with Gasteiger partial charge in [-0.3, -0.25) is 4.90 Å². The summed E-state index contributed by atoms with van der Waals surface area (Å²) >= 11 is 0. The van der Waals surface area contributed by atoms with Crippen molar-refractivity contribution in [3.05, 3.63) is 18.2 Å². The average molecular weight is 251 g/mol. The fourth-order valence-corrected chi connectivity index (χ4v) is 3.22. The Bertz CT molecular complexity index is 412. The van der Waals surface area contributed by atoms with Gasteiger partial charge < -0.3 is 14.0 Å². The third-order valence-corrected chi connectivity index (χ3v) is 4.22. The van der Waals surface area contributed by atoms with Gasteiger partial charge in [0.05, 0.1) is 18.1 Å². The molecule has 5 nitrogen and oxygen atoms in total. The number of ether oxygens (including phenoxy) is 2. The number of methoxy groups -OCH3 is 1. The van der Waals surface area contributed by atoms with Gasteiger partial charge in [0.1, 0.15) is 5.60 Å². The molecule has 5 heteroatoms. The SMILES string of the molecule is CO[C@H]1CN(Cc2cncn2C)C[C@@]12CCCO2. The Morgan fingerprint density at radius 2 is 2.50 bits per heavy atom. The minimum absolute atomic E-state index is 0.0622. The maximum Gasteiger partial charge on any atom is 0.108 e. The molecule has 2 aliphatic rings. The molecule has 1 aromatic heterocycles. The highest BCUT2D eigenvalue weighted by molar-refractivity contribution is 5.05. The van der Waals surface area contributed by atoms with Crippen LogP contribution in [-0.4, -0.2) is 53.0 Å². The van der Waals surface area contributed by atoms with Crippen LogP contribution in [0, 0.1) is 0 Å². The maximum atomic E-state index is 6.00. The zero-order chi connectivity index (χ0) is 12.6. The molecule has 100 valence electrons. The van der Waals surface area contributed by atoms with E-state index in [9.17, 15) is 0 Å². The second-order valence-electron chi connectivity index (χ2n) is 5.41. The van der Waals surface area contributed by atoms with Crippen LogP contribution in [0.15, 0.2) is 12.5 Å². The lowest BCUT2D eigenvalue weighted by molar-refractivity contribution is -0.0756. The first-order valence-electron chi connectivity index (χ1n) is 6.58. The number of imidazole rings is 1. The molecule has 1 spiro atoms. The molecule has 2 fully saturated rings. The zero-order valence-corrected chi connectivity index (χ0v) is 11.1. The third-order valence-electron chi connectivity index (χ3n) is 4.22. The maximum absolute atomic E-state index is 6.00. The van der Waals surface area contributed by atoms with Gasteiger partial charge in [-0.1, -0.05) is 0 Å². The number of aromatic nitrogens is 2. The minimum Gasteiger partial charge on any atom is -0.377 e. The molecule has 0 saturated carbocycles. The van der Waals surface area contributed by atoms with Gasteiger partial charge in [0, 0.05) is 46.6 Å². The first kappa shape index (κ1) is 12.1. The van der Waals surface area contributed by atoms with E-state index in [0.29, 0.717) is 0 Å². The molecule has 2 atom stereocenters. The van der Waals surface area contributed by atoms with E-state index < -0.39 is 0 Å². The molecule has 2 aliphatic heterocycles. The van der Waals surface area contributed by atoms with E-state index in [2.05, 4.69) is 14.5 Å². The molecule has 0 radical (unpaired) electrons. The fourth-order valence-electron chi connectivity index (χ4n) is 3.22. The zero-order valence-electron chi connectivity index (χ0n) is 11.1. The van der Waals surface area contributed by atoms with Crippen molar-refractivity contribution in [2.45, 2.75) is 31.1 Å². The van der Waals surface area contributed by atoms with Crippen LogP contribution < -0.4 is 0 Å². The van der Waals surface area contributed by atoms with E-state index in [1.165, 1.54) is 5.69 Å². The molecule has 1 aromatic rings. The molecular formula is C13H21N3O2. The number of rotatable bonds is 3. The van der Waals surface area contributed by atoms with Crippen LogP contribution in [0.25, 0.3) is 0 Å². The van der Waals surface area contributed by atoms with Gasteiger partial charge in [0.25, 0.3) is 0 Å². The van der Waals surface area contributed by atoms with Crippen molar-refractivity contribution >= 4 is 0 Å². The van der Waals surface area contributed by atoms with E-state index in [0.717, 1.165) is 39.1 Å². The van der Waals surface area contributed by atoms with Gasteiger partial charge in [0.15, 0.2) is 0 Å². The predicted octanol–water partition coefficient (Wildman–Crippen LogP) is 0.800. The monoisotopic (exact) mass is 251 g/mol. The van der Waals surface area contributed by atoms with Crippen molar-refractivity contribution in [3.63, 3.8) is 0 Å². The van der Waals surface area contributed by atoms with Gasteiger partial charge in [-0.25, -0.2) is 4.98 Å². The minimum atomic E-state index is -0.0622. The number of hydrogen-bond donors (Lipinski definition) is 0. The van der Waals surface area contributed by atoms with Crippen LogP contribution >= 0.6 is 0 Å². The van der Waals surface area contributed by atoms with Crippen molar-refractivity contribution in [2.75, 3.05) is 26.8 Å². The molecule has 0 bridgehead atoms. The summed E-state index contributed by atoms with van der Waals surface area (Å²) in [6.07, 6.45) is 6.25. The van der Waals surface area contributed by atoms with E-state index in [4.69, 9.17) is 9.47 Å². The van der Waals surface area contributed by atoms with Crippen LogP contribution in [0.5, 0.6) is 0 Å². The molecule has 3 heterocycles. The largest absolute Gasteiger partial charge is 0.377 e. The summed E-state index contributed by atoms with van der Waals surface area (Å²) in [6, 6.07) is 0. The number of nitrogens with zero attached hydrogens (tertiary/aromatic N) is 3. The molecule has 0 aliphatic carbocycles. The van der Waals surface area contributed by atoms with Crippen molar-refractivity contribution in [3.8, 4) is 0 Å². The third kappa shape index (κ3) is 1.96. The van der Waals surface area contributed by atoms with E-state index in [-0.39, 0.29) is 11.7 Å². The van der Waals surface area contributed by atoms with Gasteiger partial charge in [-0.2, -0.15) is 0 Å². The number of likely N-dealkylation sites (tertiary alicyclic amines) is 1. The Hall–Kier alpha value is -0.910. The molecule has 0 amide bonds. The Kier molecular flexibility index (Phi) is 3.13. The Labute approximate surface area is 108 Å². The molecule has 2 saturated heterocycles. The van der Waals surface area contributed by atoms with Crippen molar-refractivity contribution in [2.24, 2.45) is 7.05 Å². The van der Waals surface area contributed by atoms with Crippen molar-refractivity contribution < 1.29 is 9.47 Å². The van der Waals surface area contributed by atoms with E-state index in [1.54, 1.807) is 7.11 Å². The predicted molar refractivity (Wildman–Crippen MR) is 67.2 cm³/mol. The summed E-state index contributed by atoms with van der Waals surface area (Å²) in [7, 11) is 3.83. The van der Waals surface area contributed by atoms with Gasteiger partial charge in [0.2, 0.25) is 0 Å². The van der Waals surface area contributed by atoms with Crippen LogP contribution in [0.2, 0.25) is 0 Å². The topological polar surface area (TPSA) is 39.5 Å². The van der Waals surface area contributed by atoms with Gasteiger partial charge in [-0.05, 0) is 12.8 Å². The first-order valence-corrected chi connectivity index (χ1v) is 6.58. The molecule has 0 N–H and O–H groups in total. The van der Waals surface area contributed by atoms with Crippen LogP contribution in [-0.2, 0) is 23.1 Å². The Morgan fingerprint density at radius 3 is 3.11 bits per heavy atom. The Morgan fingerprint density at radius 1 is 1.61 bits per heavy atom. The van der Waals surface area contributed by atoms with Crippen molar-refractivity contribution in [1.82, 2.24) is 14.5 Å². The summed E-state index contributed by atoms with van der Waals surface area (Å²) in [5, 5.41) is 0.